The summed E-state index contributed by atoms with van der Waals surface area (Å²) in [5.74, 6) is -0.461. The summed E-state index contributed by atoms with van der Waals surface area (Å²) >= 11 is 0. The third-order valence-corrected chi connectivity index (χ3v) is 9.02. The number of ether oxygens (including phenoxy) is 3. The van der Waals surface area contributed by atoms with Crippen LogP contribution in [0.1, 0.15) is 139 Å². The Morgan fingerprint density at radius 3 is 1.63 bits per heavy atom. The van der Waals surface area contributed by atoms with Crippen molar-refractivity contribution in [3.63, 3.8) is 0 Å². The quantitative estimate of drug-likeness (QED) is 0.0377. The Morgan fingerprint density at radius 2 is 1.10 bits per heavy atom. The molecule has 1 atom stereocenters. The van der Waals surface area contributed by atoms with Gasteiger partial charge in [-0.3, -0.25) is 0 Å². The van der Waals surface area contributed by atoms with Crippen LogP contribution in [-0.2, 0) is 9.53 Å². The van der Waals surface area contributed by atoms with Gasteiger partial charge in [-0.15, -0.1) is 0 Å². The minimum atomic E-state index is -4.62. The fourth-order valence-corrected chi connectivity index (χ4v) is 5.88. The first-order chi connectivity index (χ1) is 25.2. The molecule has 5 nitrogen and oxygen atoms in total. The Labute approximate surface area is 309 Å². The maximum atomic E-state index is 13.3. The highest BCUT2D eigenvalue weighted by molar-refractivity contribution is 5.91. The fraction of sp³-hybridized carbons (Fsp3) is 0.500. The zero-order valence-corrected chi connectivity index (χ0v) is 31.1. The number of benzene rings is 3. The summed E-state index contributed by atoms with van der Waals surface area (Å²) in [6, 6.07) is 21.3. The molecular formula is C44H57F3O5. The second-order valence-electron chi connectivity index (χ2n) is 13.4. The molecule has 3 aromatic carbocycles. The lowest BCUT2D eigenvalue weighted by atomic mass is 10.0. The number of alkyl halides is 3. The Hall–Kier alpha value is -4.07. The second-order valence-corrected chi connectivity index (χ2v) is 13.4. The monoisotopic (exact) mass is 722 g/mol. The van der Waals surface area contributed by atoms with Crippen molar-refractivity contribution in [3.05, 3.63) is 90.0 Å². The van der Waals surface area contributed by atoms with Crippen LogP contribution >= 0.6 is 0 Å². The van der Waals surface area contributed by atoms with Crippen LogP contribution in [0, 0.1) is 0 Å². The van der Waals surface area contributed by atoms with Crippen LogP contribution in [0.2, 0.25) is 0 Å². The number of halogens is 3. The highest BCUT2D eigenvalue weighted by atomic mass is 19.4. The van der Waals surface area contributed by atoms with Crippen LogP contribution in [0.25, 0.3) is 17.2 Å². The van der Waals surface area contributed by atoms with Gasteiger partial charge in [0.1, 0.15) is 11.5 Å². The number of carbonyl (C=O) groups excluding carboxylic acids is 2. The molecule has 0 bridgehead atoms. The predicted octanol–water partition coefficient (Wildman–Crippen LogP) is 13.1. The molecule has 0 heterocycles. The Kier molecular flexibility index (Phi) is 19.7. The van der Waals surface area contributed by atoms with Crippen LogP contribution in [0.5, 0.6) is 11.5 Å². The molecule has 0 radical (unpaired) electrons. The molecule has 0 aromatic heterocycles. The van der Waals surface area contributed by atoms with Crippen molar-refractivity contribution in [2.24, 2.45) is 0 Å². The fourth-order valence-electron chi connectivity index (χ4n) is 5.88. The summed E-state index contributed by atoms with van der Waals surface area (Å²) in [6.45, 7) is 4.94. The van der Waals surface area contributed by atoms with E-state index in [0.717, 1.165) is 42.2 Å². The first kappa shape index (κ1) is 42.3. The van der Waals surface area contributed by atoms with Gasteiger partial charge in [0, 0.05) is 6.08 Å². The van der Waals surface area contributed by atoms with Crippen molar-refractivity contribution < 1.29 is 37.0 Å². The summed E-state index contributed by atoms with van der Waals surface area (Å²) < 4.78 is 56.0. The summed E-state index contributed by atoms with van der Waals surface area (Å²) in [5.41, 5.74) is 2.88. The number of rotatable bonds is 25. The van der Waals surface area contributed by atoms with E-state index in [1.807, 2.05) is 43.3 Å². The minimum Gasteiger partial charge on any atom is -0.494 e. The number of carbonyl (C=O) groups is 2. The number of hydrogen-bond acceptors (Lipinski definition) is 5. The van der Waals surface area contributed by atoms with Crippen molar-refractivity contribution in [2.45, 2.75) is 135 Å². The average Bonchev–Trinajstić information content (AvgIpc) is 3.14. The van der Waals surface area contributed by atoms with E-state index in [-0.39, 0.29) is 12.2 Å². The van der Waals surface area contributed by atoms with Crippen molar-refractivity contribution in [1.29, 1.82) is 0 Å². The van der Waals surface area contributed by atoms with Gasteiger partial charge in [0.05, 0.1) is 12.2 Å². The molecule has 0 saturated heterocycles. The van der Waals surface area contributed by atoms with Gasteiger partial charge in [0.25, 0.3) is 0 Å². The minimum absolute atomic E-state index is 0.256. The summed E-state index contributed by atoms with van der Waals surface area (Å²) in [7, 11) is 0. The van der Waals surface area contributed by atoms with E-state index in [4.69, 9.17) is 14.2 Å². The van der Waals surface area contributed by atoms with Gasteiger partial charge in [-0.1, -0.05) is 140 Å². The first-order valence-electron chi connectivity index (χ1n) is 19.3. The van der Waals surface area contributed by atoms with E-state index in [1.165, 1.54) is 76.7 Å². The lowest BCUT2D eigenvalue weighted by Crippen LogP contribution is -2.33. The first-order valence-corrected chi connectivity index (χ1v) is 19.3. The molecule has 0 spiro atoms. The highest BCUT2D eigenvalue weighted by Gasteiger charge is 2.42. The molecular weight excluding hydrogens is 665 g/mol. The predicted molar refractivity (Wildman–Crippen MR) is 204 cm³/mol. The van der Waals surface area contributed by atoms with E-state index in [1.54, 1.807) is 36.4 Å². The number of esters is 2. The second kappa shape index (κ2) is 24.2. The van der Waals surface area contributed by atoms with Gasteiger partial charge in [-0.25, -0.2) is 9.59 Å². The third-order valence-electron chi connectivity index (χ3n) is 9.02. The molecule has 8 heteroatoms. The molecule has 284 valence electrons. The highest BCUT2D eigenvalue weighted by Crippen LogP contribution is 2.28. The molecule has 0 fully saturated rings. The summed E-state index contributed by atoms with van der Waals surface area (Å²) in [5, 5.41) is 0. The molecule has 3 rings (SSSR count). The molecule has 0 aliphatic carbocycles. The molecule has 0 unspecified atom stereocenters. The van der Waals surface area contributed by atoms with E-state index < -0.39 is 24.2 Å². The lowest BCUT2D eigenvalue weighted by Gasteiger charge is -2.19. The molecule has 3 aromatic rings. The van der Waals surface area contributed by atoms with Crippen LogP contribution in [0.4, 0.5) is 13.2 Å². The normalized spacial score (nSPS) is 12.2. The van der Waals surface area contributed by atoms with Gasteiger partial charge < -0.3 is 14.2 Å². The molecule has 0 saturated carbocycles. The molecule has 52 heavy (non-hydrogen) atoms. The van der Waals surface area contributed by atoms with Gasteiger partial charge in [0.2, 0.25) is 0 Å². The summed E-state index contributed by atoms with van der Waals surface area (Å²) in [4.78, 5) is 24.9. The lowest BCUT2D eigenvalue weighted by molar-refractivity contribution is -0.220. The van der Waals surface area contributed by atoms with E-state index in [2.05, 4.69) is 6.92 Å². The smallest absolute Gasteiger partial charge is 0.425 e. The van der Waals surface area contributed by atoms with Crippen molar-refractivity contribution in [3.8, 4) is 22.6 Å². The van der Waals surface area contributed by atoms with Crippen molar-refractivity contribution >= 4 is 18.0 Å². The van der Waals surface area contributed by atoms with Crippen LogP contribution in [-0.4, -0.2) is 30.8 Å². The molecule has 0 N–H and O–H groups in total. The van der Waals surface area contributed by atoms with Crippen LogP contribution < -0.4 is 9.47 Å². The number of hydrogen-bond donors (Lipinski definition) is 0. The van der Waals surface area contributed by atoms with Gasteiger partial charge in [-0.2, -0.15) is 13.2 Å². The maximum Gasteiger partial charge on any atom is 0.425 e. The largest absolute Gasteiger partial charge is 0.494 e. The number of unbranched alkanes of at least 4 members (excludes halogenated alkanes) is 14. The van der Waals surface area contributed by atoms with Gasteiger partial charge >= 0.3 is 18.1 Å². The zero-order chi connectivity index (χ0) is 37.4. The van der Waals surface area contributed by atoms with E-state index >= 15 is 0 Å². The van der Waals surface area contributed by atoms with Crippen molar-refractivity contribution in [1.82, 2.24) is 0 Å². The Morgan fingerprint density at radius 1 is 0.615 bits per heavy atom. The molecule has 0 aliphatic heterocycles. The topological polar surface area (TPSA) is 61.8 Å². The maximum absolute atomic E-state index is 13.3. The van der Waals surface area contributed by atoms with Gasteiger partial charge in [-0.05, 0) is 78.4 Å². The average molecular weight is 723 g/mol. The standard InChI is InChI=1S/C44H57F3O5/c1-3-5-7-9-10-11-12-13-14-15-16-18-34-50-39-31-27-37(28-32-39)36-23-25-38(26-24-36)43(49)51-40-29-20-35(21-30-40)22-33-42(48)52-41(44(45,46)47)19-17-8-6-4-2/h20-33,41H,3-19,34H2,1-2H3/t41-/m1/s1. The van der Waals surface area contributed by atoms with E-state index in [9.17, 15) is 22.8 Å². The Balaban J connectivity index is 1.36. The van der Waals surface area contributed by atoms with E-state index in [0.29, 0.717) is 30.6 Å². The van der Waals surface area contributed by atoms with Gasteiger partial charge in [0.15, 0.2) is 6.10 Å². The zero-order valence-electron chi connectivity index (χ0n) is 31.1. The summed E-state index contributed by atoms with van der Waals surface area (Å²) in [6.07, 6.45) is 13.8. The van der Waals surface area contributed by atoms with Crippen molar-refractivity contribution in [2.75, 3.05) is 6.61 Å². The molecule has 0 aliphatic rings. The Bertz CT molecular complexity index is 1450. The van der Waals surface area contributed by atoms with Crippen LogP contribution in [0.3, 0.4) is 0 Å². The molecule has 0 amide bonds. The third kappa shape index (κ3) is 17.0. The van der Waals surface area contributed by atoms with Crippen LogP contribution in [0.15, 0.2) is 78.9 Å². The SMILES string of the molecule is CCCCCCCCCCCCCCOc1ccc(-c2ccc(C(=O)Oc3ccc(C=CC(=O)O[C@H](CCCCCC)C(F)(F)F)cc3)cc2)cc1.